The molecule has 0 saturated carbocycles. The predicted octanol–water partition coefficient (Wildman–Crippen LogP) is 5.66. The van der Waals surface area contributed by atoms with Crippen LogP contribution < -0.4 is 5.32 Å². The Morgan fingerprint density at radius 2 is 1.26 bits per heavy atom. The third kappa shape index (κ3) is 3.02. The largest absolute Gasteiger partial charge is 0.352 e. The lowest BCUT2D eigenvalue weighted by atomic mass is 10.0. The minimum absolute atomic E-state index is 0.0631. The molecule has 0 spiro atoms. The summed E-state index contributed by atoms with van der Waals surface area (Å²) in [6, 6.07) is 10.3. The molecular formula is C15H4Cl4N4. The van der Waals surface area contributed by atoms with E-state index in [0.29, 0.717) is 10.7 Å². The Kier molecular flexibility index (Phi) is 5.22. The van der Waals surface area contributed by atoms with Crippen LogP contribution in [0.4, 0.5) is 11.4 Å². The van der Waals surface area contributed by atoms with Gasteiger partial charge < -0.3 is 5.32 Å². The maximum atomic E-state index is 9.34. The minimum atomic E-state index is -0.139. The van der Waals surface area contributed by atoms with E-state index in [1.807, 2.05) is 12.1 Å². The quantitative estimate of drug-likeness (QED) is 0.727. The molecule has 0 fully saturated rings. The normalized spacial score (nSPS) is 9.61. The van der Waals surface area contributed by atoms with Crippen LogP contribution in [0.3, 0.4) is 0 Å². The van der Waals surface area contributed by atoms with Crippen molar-refractivity contribution in [3.05, 3.63) is 55.0 Å². The molecule has 0 aliphatic heterocycles. The number of nitrogens with zero attached hydrogens (tertiary/aromatic N) is 3. The van der Waals surface area contributed by atoms with E-state index in [1.165, 1.54) is 0 Å². The molecule has 0 radical (unpaired) electrons. The predicted molar refractivity (Wildman–Crippen MR) is 90.4 cm³/mol. The van der Waals surface area contributed by atoms with E-state index < -0.39 is 0 Å². The Labute approximate surface area is 152 Å². The van der Waals surface area contributed by atoms with E-state index in [9.17, 15) is 10.5 Å². The van der Waals surface area contributed by atoms with Gasteiger partial charge in [0.1, 0.15) is 18.2 Å². The van der Waals surface area contributed by atoms with Crippen LogP contribution in [0.15, 0.2) is 18.2 Å². The number of benzene rings is 2. The number of hydrogen-bond acceptors (Lipinski definition) is 4. The second-order valence-electron chi connectivity index (χ2n) is 4.19. The van der Waals surface area contributed by atoms with Gasteiger partial charge in [0, 0.05) is 0 Å². The van der Waals surface area contributed by atoms with Crippen LogP contribution in [0.1, 0.15) is 16.7 Å². The number of hydrogen-bond donors (Lipinski definition) is 1. The zero-order valence-corrected chi connectivity index (χ0v) is 14.1. The van der Waals surface area contributed by atoms with Gasteiger partial charge in [0.25, 0.3) is 0 Å². The highest BCUT2D eigenvalue weighted by molar-refractivity contribution is 6.44. The van der Waals surface area contributed by atoms with Crippen molar-refractivity contribution in [3.8, 4) is 18.2 Å². The smallest absolute Gasteiger partial charge is 0.103 e. The first-order chi connectivity index (χ1) is 11.0. The minimum Gasteiger partial charge on any atom is -0.352 e. The van der Waals surface area contributed by atoms with Crippen molar-refractivity contribution in [3.63, 3.8) is 0 Å². The average Bonchev–Trinajstić information content (AvgIpc) is 2.53. The van der Waals surface area contributed by atoms with Gasteiger partial charge in [0.05, 0.1) is 48.2 Å². The molecule has 0 aromatic heterocycles. The third-order valence-corrected chi connectivity index (χ3v) is 4.50. The zero-order valence-electron chi connectivity index (χ0n) is 11.1. The van der Waals surface area contributed by atoms with Gasteiger partial charge in [-0.3, -0.25) is 0 Å². The van der Waals surface area contributed by atoms with Gasteiger partial charge in [0.2, 0.25) is 0 Å². The number of anilines is 2. The average molecular weight is 382 g/mol. The van der Waals surface area contributed by atoms with Gasteiger partial charge in [-0.1, -0.05) is 52.5 Å². The first-order valence-corrected chi connectivity index (χ1v) is 7.43. The molecule has 0 aliphatic rings. The monoisotopic (exact) mass is 380 g/mol. The molecule has 2 rings (SSSR count). The lowest BCUT2D eigenvalue weighted by molar-refractivity contribution is 1.40. The third-order valence-electron chi connectivity index (χ3n) is 2.92. The van der Waals surface area contributed by atoms with Crippen molar-refractivity contribution in [2.75, 3.05) is 5.32 Å². The van der Waals surface area contributed by atoms with Crippen LogP contribution in [0.5, 0.6) is 0 Å². The lowest BCUT2D eigenvalue weighted by Gasteiger charge is -2.15. The van der Waals surface area contributed by atoms with E-state index in [2.05, 4.69) is 5.32 Å². The van der Waals surface area contributed by atoms with Crippen LogP contribution in [0, 0.1) is 34.0 Å². The van der Waals surface area contributed by atoms with Crippen molar-refractivity contribution in [2.24, 2.45) is 0 Å². The van der Waals surface area contributed by atoms with Gasteiger partial charge in [-0.15, -0.1) is 0 Å². The van der Waals surface area contributed by atoms with Crippen molar-refractivity contribution < 1.29 is 0 Å². The van der Waals surface area contributed by atoms with Gasteiger partial charge in [-0.25, -0.2) is 0 Å². The Balaban J connectivity index is 2.78. The van der Waals surface area contributed by atoms with Crippen LogP contribution >= 0.6 is 46.4 Å². The van der Waals surface area contributed by atoms with E-state index >= 15 is 0 Å². The van der Waals surface area contributed by atoms with Crippen molar-refractivity contribution >= 4 is 57.8 Å². The molecule has 0 bridgehead atoms. The Morgan fingerprint density at radius 3 is 1.74 bits per heavy atom. The summed E-state index contributed by atoms with van der Waals surface area (Å²) in [5.74, 6) is 0. The lowest BCUT2D eigenvalue weighted by Crippen LogP contribution is -2.02. The number of halogens is 4. The summed E-state index contributed by atoms with van der Waals surface area (Å²) in [5, 5.41) is 30.8. The molecule has 0 heterocycles. The summed E-state index contributed by atoms with van der Waals surface area (Å²) >= 11 is 24.1. The van der Waals surface area contributed by atoms with Gasteiger partial charge in [-0.05, 0) is 12.1 Å². The molecular weight excluding hydrogens is 378 g/mol. The SMILES string of the molecule is N#Cc1c(Cl)c(C#N)c(Nc2cccc(Cl)c2Cl)c(C#N)c1Cl. The van der Waals surface area contributed by atoms with E-state index in [0.717, 1.165) is 0 Å². The molecule has 8 heteroatoms. The summed E-state index contributed by atoms with van der Waals surface area (Å²) in [7, 11) is 0. The summed E-state index contributed by atoms with van der Waals surface area (Å²) in [6.45, 7) is 0. The van der Waals surface area contributed by atoms with Gasteiger partial charge >= 0.3 is 0 Å². The highest BCUT2D eigenvalue weighted by atomic mass is 35.5. The van der Waals surface area contributed by atoms with Crippen LogP contribution in [-0.4, -0.2) is 0 Å². The standard InChI is InChI=1S/C15H4Cl4N4/c16-10-2-1-3-11(14(10)19)23-15-8(5-21)12(17)7(4-20)13(18)9(15)6-22/h1-3,23H. The Bertz CT molecular complexity index is 891. The van der Waals surface area contributed by atoms with Crippen molar-refractivity contribution in [1.29, 1.82) is 15.8 Å². The van der Waals surface area contributed by atoms with Gasteiger partial charge in [0.15, 0.2) is 0 Å². The molecule has 0 aliphatic carbocycles. The molecule has 0 amide bonds. The fraction of sp³-hybridized carbons (Fsp3) is 0. The summed E-state index contributed by atoms with van der Waals surface area (Å²) in [4.78, 5) is 0. The molecule has 0 atom stereocenters. The number of rotatable bonds is 2. The van der Waals surface area contributed by atoms with E-state index in [-0.39, 0.29) is 37.4 Å². The fourth-order valence-electron chi connectivity index (χ4n) is 1.86. The Hall–Kier alpha value is -2.13. The van der Waals surface area contributed by atoms with Crippen LogP contribution in [0.25, 0.3) is 0 Å². The first-order valence-electron chi connectivity index (χ1n) is 5.92. The molecule has 0 saturated heterocycles. The molecule has 23 heavy (non-hydrogen) atoms. The highest BCUT2D eigenvalue weighted by Gasteiger charge is 2.23. The fourth-order valence-corrected chi connectivity index (χ4v) is 2.80. The number of nitrogens with one attached hydrogen (secondary N) is 1. The van der Waals surface area contributed by atoms with Gasteiger partial charge in [-0.2, -0.15) is 15.8 Å². The highest BCUT2D eigenvalue weighted by Crippen LogP contribution is 2.40. The number of nitriles is 3. The maximum absolute atomic E-state index is 9.34. The van der Waals surface area contributed by atoms with Crippen LogP contribution in [-0.2, 0) is 0 Å². The maximum Gasteiger partial charge on any atom is 0.103 e. The summed E-state index contributed by atoms with van der Waals surface area (Å²) in [6.07, 6.45) is 0. The molecule has 4 nitrogen and oxygen atoms in total. The second kappa shape index (κ2) is 6.97. The molecule has 1 N–H and O–H groups in total. The molecule has 2 aromatic carbocycles. The van der Waals surface area contributed by atoms with E-state index in [4.69, 9.17) is 51.7 Å². The van der Waals surface area contributed by atoms with Crippen molar-refractivity contribution in [1.82, 2.24) is 0 Å². The Morgan fingerprint density at radius 1 is 0.739 bits per heavy atom. The van der Waals surface area contributed by atoms with Crippen LogP contribution in [0.2, 0.25) is 20.1 Å². The summed E-state index contributed by atoms with van der Waals surface area (Å²) in [5.41, 5.74) is 0.127. The van der Waals surface area contributed by atoms with Crippen molar-refractivity contribution in [2.45, 2.75) is 0 Å². The van der Waals surface area contributed by atoms with E-state index in [1.54, 1.807) is 24.3 Å². The summed E-state index contributed by atoms with van der Waals surface area (Å²) < 4.78 is 0. The topological polar surface area (TPSA) is 83.4 Å². The first kappa shape index (κ1) is 17.2. The second-order valence-corrected chi connectivity index (χ2v) is 5.73. The molecule has 0 unspecified atom stereocenters. The molecule has 2 aromatic rings. The zero-order chi connectivity index (χ0) is 17.1. The molecule has 112 valence electrons.